The zero-order chi connectivity index (χ0) is 10.8. The normalized spacial score (nSPS) is 11.2. The molecule has 1 aromatic carbocycles. The monoisotopic (exact) mass is 205 g/mol. The van der Waals surface area contributed by atoms with Crippen LogP contribution in [0.1, 0.15) is 5.56 Å². The summed E-state index contributed by atoms with van der Waals surface area (Å²) in [4.78, 5) is 11.7. The first-order valence-electron chi connectivity index (χ1n) is 4.14. The zero-order valence-electron chi connectivity index (χ0n) is 7.54. The highest BCUT2D eigenvalue weighted by Crippen LogP contribution is 2.16. The van der Waals surface area contributed by atoms with Crippen LogP contribution in [-0.2, 0) is 0 Å². The van der Waals surface area contributed by atoms with Crippen LogP contribution >= 0.6 is 0 Å². The SMILES string of the molecule is O=c1c(/C=N/O)coc2ccc(O)cc12. The summed E-state index contributed by atoms with van der Waals surface area (Å²) in [5, 5.41) is 20.5. The number of nitrogens with zero attached hydrogens (tertiary/aromatic N) is 1. The van der Waals surface area contributed by atoms with E-state index < -0.39 is 0 Å². The molecule has 0 bridgehead atoms. The van der Waals surface area contributed by atoms with Crippen molar-refractivity contribution in [3.63, 3.8) is 0 Å². The van der Waals surface area contributed by atoms with Crippen molar-refractivity contribution in [2.45, 2.75) is 0 Å². The molecule has 76 valence electrons. The van der Waals surface area contributed by atoms with E-state index in [1.807, 2.05) is 0 Å². The molecule has 0 saturated carbocycles. The first kappa shape index (κ1) is 9.26. The molecule has 0 spiro atoms. The molecule has 5 nitrogen and oxygen atoms in total. The Balaban J connectivity index is 2.83. The first-order valence-corrected chi connectivity index (χ1v) is 4.14. The van der Waals surface area contributed by atoms with Crippen LogP contribution in [0.15, 0.2) is 38.8 Å². The summed E-state index contributed by atoms with van der Waals surface area (Å²) in [6.45, 7) is 0. The zero-order valence-corrected chi connectivity index (χ0v) is 7.54. The molecule has 0 unspecified atom stereocenters. The number of fused-ring (bicyclic) bond motifs is 1. The van der Waals surface area contributed by atoms with Crippen molar-refractivity contribution in [3.05, 3.63) is 40.2 Å². The van der Waals surface area contributed by atoms with Gasteiger partial charge in [0, 0.05) is 0 Å². The van der Waals surface area contributed by atoms with Crippen LogP contribution in [0.25, 0.3) is 11.0 Å². The van der Waals surface area contributed by atoms with Crippen molar-refractivity contribution in [3.8, 4) is 5.75 Å². The summed E-state index contributed by atoms with van der Waals surface area (Å²) in [5.74, 6) is -0.0205. The van der Waals surface area contributed by atoms with Crippen molar-refractivity contribution < 1.29 is 14.7 Å². The molecule has 15 heavy (non-hydrogen) atoms. The minimum atomic E-state index is -0.357. The highest BCUT2D eigenvalue weighted by molar-refractivity contribution is 5.86. The number of phenols is 1. The summed E-state index contributed by atoms with van der Waals surface area (Å²) in [6, 6.07) is 4.22. The summed E-state index contributed by atoms with van der Waals surface area (Å²) in [5.41, 5.74) is 0.133. The molecule has 0 atom stereocenters. The average Bonchev–Trinajstić information content (AvgIpc) is 2.23. The lowest BCUT2D eigenvalue weighted by Crippen LogP contribution is -2.07. The van der Waals surface area contributed by atoms with E-state index in [4.69, 9.17) is 9.62 Å². The van der Waals surface area contributed by atoms with Gasteiger partial charge in [-0.05, 0) is 18.2 Å². The minimum absolute atomic E-state index is 0.0205. The second-order valence-electron chi connectivity index (χ2n) is 2.95. The van der Waals surface area contributed by atoms with Crippen LogP contribution in [-0.4, -0.2) is 16.5 Å². The molecule has 2 rings (SSSR count). The largest absolute Gasteiger partial charge is 0.508 e. The van der Waals surface area contributed by atoms with Crippen molar-refractivity contribution in [1.82, 2.24) is 0 Å². The van der Waals surface area contributed by atoms with Crippen LogP contribution in [0.2, 0.25) is 0 Å². The molecule has 0 aliphatic rings. The van der Waals surface area contributed by atoms with Gasteiger partial charge in [-0.3, -0.25) is 4.79 Å². The summed E-state index contributed by atoms with van der Waals surface area (Å²) in [7, 11) is 0. The van der Waals surface area contributed by atoms with Gasteiger partial charge < -0.3 is 14.7 Å². The van der Waals surface area contributed by atoms with Crippen LogP contribution in [0.3, 0.4) is 0 Å². The third kappa shape index (κ3) is 1.54. The van der Waals surface area contributed by atoms with Gasteiger partial charge in [-0.15, -0.1) is 0 Å². The Kier molecular flexibility index (Phi) is 2.13. The minimum Gasteiger partial charge on any atom is -0.508 e. The fourth-order valence-electron chi connectivity index (χ4n) is 1.29. The highest BCUT2D eigenvalue weighted by atomic mass is 16.4. The van der Waals surface area contributed by atoms with E-state index in [-0.39, 0.29) is 22.1 Å². The quantitative estimate of drug-likeness (QED) is 0.417. The molecule has 1 aromatic heterocycles. The van der Waals surface area contributed by atoms with Gasteiger partial charge in [0.2, 0.25) is 5.43 Å². The molecule has 0 saturated heterocycles. The van der Waals surface area contributed by atoms with Crippen molar-refractivity contribution in [2.24, 2.45) is 5.16 Å². The van der Waals surface area contributed by atoms with E-state index in [1.165, 1.54) is 24.5 Å². The lowest BCUT2D eigenvalue weighted by Gasteiger charge is -1.98. The van der Waals surface area contributed by atoms with Gasteiger partial charge in [-0.2, -0.15) is 0 Å². The molecule has 0 radical (unpaired) electrons. The number of hydrogen-bond donors (Lipinski definition) is 2. The van der Waals surface area contributed by atoms with Gasteiger partial charge in [0.05, 0.1) is 17.2 Å². The van der Waals surface area contributed by atoms with E-state index in [0.717, 1.165) is 6.21 Å². The van der Waals surface area contributed by atoms with E-state index in [0.29, 0.717) is 5.58 Å². The van der Waals surface area contributed by atoms with Crippen molar-refractivity contribution >= 4 is 17.2 Å². The maximum Gasteiger partial charge on any atom is 0.201 e. The van der Waals surface area contributed by atoms with Gasteiger partial charge >= 0.3 is 0 Å². The molecule has 0 aliphatic carbocycles. The molecule has 0 fully saturated rings. The molecule has 2 aromatic rings. The van der Waals surface area contributed by atoms with E-state index >= 15 is 0 Å². The fourth-order valence-corrected chi connectivity index (χ4v) is 1.29. The lowest BCUT2D eigenvalue weighted by atomic mass is 10.2. The summed E-state index contributed by atoms with van der Waals surface area (Å²) in [6.07, 6.45) is 2.18. The van der Waals surface area contributed by atoms with Crippen LogP contribution in [0.4, 0.5) is 0 Å². The predicted molar refractivity (Wildman–Crippen MR) is 53.5 cm³/mol. The van der Waals surface area contributed by atoms with Crippen molar-refractivity contribution in [2.75, 3.05) is 0 Å². The fraction of sp³-hybridized carbons (Fsp3) is 0. The Bertz CT molecular complexity index is 585. The molecule has 0 amide bonds. The topological polar surface area (TPSA) is 83.0 Å². The molecule has 5 heteroatoms. The Morgan fingerprint density at radius 1 is 1.40 bits per heavy atom. The molecule has 2 N–H and O–H groups in total. The number of benzene rings is 1. The standard InChI is InChI=1S/C10H7NO4/c12-7-1-2-9-8(3-7)10(13)6(4-11-14)5-15-9/h1-5,12,14H/b11-4+. The second kappa shape index (κ2) is 3.45. The summed E-state index contributed by atoms with van der Waals surface area (Å²) < 4.78 is 5.12. The number of oxime groups is 1. The third-order valence-corrected chi connectivity index (χ3v) is 1.98. The highest BCUT2D eigenvalue weighted by Gasteiger charge is 2.05. The Morgan fingerprint density at radius 2 is 2.20 bits per heavy atom. The number of hydrogen-bond acceptors (Lipinski definition) is 5. The lowest BCUT2D eigenvalue weighted by molar-refractivity contribution is 0.321. The maximum atomic E-state index is 11.7. The van der Waals surface area contributed by atoms with E-state index in [2.05, 4.69) is 5.16 Å². The predicted octanol–water partition coefficient (Wildman–Crippen LogP) is 1.31. The Hall–Kier alpha value is -2.30. The van der Waals surface area contributed by atoms with Gasteiger partial charge in [0.15, 0.2) is 0 Å². The third-order valence-electron chi connectivity index (χ3n) is 1.98. The smallest absolute Gasteiger partial charge is 0.201 e. The molecule has 0 aliphatic heterocycles. The maximum absolute atomic E-state index is 11.7. The molecular weight excluding hydrogens is 198 g/mol. The van der Waals surface area contributed by atoms with E-state index in [9.17, 15) is 9.90 Å². The van der Waals surface area contributed by atoms with Crippen molar-refractivity contribution in [1.29, 1.82) is 0 Å². The van der Waals surface area contributed by atoms with Crippen LogP contribution in [0.5, 0.6) is 5.75 Å². The average molecular weight is 205 g/mol. The number of phenolic OH excluding ortho intramolecular Hbond substituents is 1. The number of rotatable bonds is 1. The van der Waals surface area contributed by atoms with Gasteiger partial charge in [-0.25, -0.2) is 0 Å². The second-order valence-corrected chi connectivity index (χ2v) is 2.95. The van der Waals surface area contributed by atoms with Gasteiger partial charge in [-0.1, -0.05) is 5.16 Å². The van der Waals surface area contributed by atoms with Gasteiger partial charge in [0.25, 0.3) is 0 Å². The summed E-state index contributed by atoms with van der Waals surface area (Å²) >= 11 is 0. The Morgan fingerprint density at radius 3 is 2.93 bits per heavy atom. The van der Waals surface area contributed by atoms with Crippen LogP contribution < -0.4 is 5.43 Å². The molecular formula is C10H7NO4. The Labute approximate surface area is 83.9 Å². The first-order chi connectivity index (χ1) is 7.22. The number of aromatic hydroxyl groups is 1. The van der Waals surface area contributed by atoms with Crippen LogP contribution in [0, 0.1) is 0 Å². The van der Waals surface area contributed by atoms with E-state index in [1.54, 1.807) is 0 Å². The molecule has 1 heterocycles. The van der Waals surface area contributed by atoms with Gasteiger partial charge in [0.1, 0.15) is 17.6 Å².